The predicted octanol–water partition coefficient (Wildman–Crippen LogP) is 4.32. The lowest BCUT2D eigenvalue weighted by molar-refractivity contribution is 0.0946. The zero-order chi connectivity index (χ0) is 17.5. The Hall–Kier alpha value is -2.66. The van der Waals surface area contributed by atoms with Gasteiger partial charge < -0.3 is 10.1 Å². The molecule has 3 rings (SSSR count). The van der Waals surface area contributed by atoms with E-state index in [1.54, 1.807) is 12.3 Å². The highest BCUT2D eigenvalue weighted by Crippen LogP contribution is 2.21. The first-order valence-corrected chi connectivity index (χ1v) is 8.69. The average molecular weight is 397 g/mol. The van der Waals surface area contributed by atoms with E-state index in [1.807, 2.05) is 42.5 Å². The van der Waals surface area contributed by atoms with Crippen molar-refractivity contribution in [2.75, 3.05) is 13.2 Å². The normalized spacial score (nSPS) is 10.3. The molecular formula is C20H17BrN2O2. The molecule has 0 aliphatic heterocycles. The maximum absolute atomic E-state index is 12.0. The number of pyridine rings is 1. The van der Waals surface area contributed by atoms with Crippen LogP contribution >= 0.6 is 15.9 Å². The maximum Gasteiger partial charge on any atom is 0.253 e. The topological polar surface area (TPSA) is 51.2 Å². The third-order valence-electron chi connectivity index (χ3n) is 3.58. The quantitative estimate of drug-likeness (QED) is 0.631. The van der Waals surface area contributed by atoms with Gasteiger partial charge in [0.1, 0.15) is 12.4 Å². The van der Waals surface area contributed by atoms with Gasteiger partial charge in [0.05, 0.1) is 12.1 Å². The van der Waals surface area contributed by atoms with Crippen LogP contribution in [0.25, 0.3) is 11.1 Å². The minimum absolute atomic E-state index is 0.170. The average Bonchev–Trinajstić information content (AvgIpc) is 2.66. The number of rotatable bonds is 6. The van der Waals surface area contributed by atoms with E-state index in [4.69, 9.17) is 4.74 Å². The first kappa shape index (κ1) is 17.2. The molecule has 1 heterocycles. The summed E-state index contributed by atoms with van der Waals surface area (Å²) in [5, 5.41) is 2.81. The summed E-state index contributed by atoms with van der Waals surface area (Å²) < 4.78 is 6.44. The van der Waals surface area contributed by atoms with Crippen LogP contribution < -0.4 is 10.1 Å². The Morgan fingerprint density at radius 3 is 2.44 bits per heavy atom. The van der Waals surface area contributed by atoms with Crippen LogP contribution in [0.15, 0.2) is 77.5 Å². The van der Waals surface area contributed by atoms with Crippen molar-refractivity contribution in [2.45, 2.75) is 0 Å². The minimum Gasteiger partial charge on any atom is -0.492 e. The van der Waals surface area contributed by atoms with Crippen molar-refractivity contribution in [3.63, 3.8) is 0 Å². The summed E-state index contributed by atoms with van der Waals surface area (Å²) in [7, 11) is 0. The van der Waals surface area contributed by atoms with Crippen LogP contribution in [0.5, 0.6) is 5.75 Å². The van der Waals surface area contributed by atoms with Gasteiger partial charge in [-0.25, -0.2) is 0 Å². The number of halogens is 1. The second kappa shape index (κ2) is 8.44. The molecule has 0 aliphatic rings. The lowest BCUT2D eigenvalue weighted by Crippen LogP contribution is -2.28. The van der Waals surface area contributed by atoms with Gasteiger partial charge in [0.25, 0.3) is 5.91 Å². The Bertz CT molecular complexity index is 836. The maximum atomic E-state index is 12.0. The van der Waals surface area contributed by atoms with Gasteiger partial charge in [0.15, 0.2) is 0 Å². The number of benzene rings is 2. The van der Waals surface area contributed by atoms with Crippen LogP contribution in [0.2, 0.25) is 0 Å². The van der Waals surface area contributed by atoms with Gasteiger partial charge in [-0.05, 0) is 45.3 Å². The van der Waals surface area contributed by atoms with Crippen LogP contribution in [0.3, 0.4) is 0 Å². The SMILES string of the molecule is O=C(NCCOc1ccc(-c2ccccc2)cc1)c1cncc(Br)c1. The highest BCUT2D eigenvalue weighted by molar-refractivity contribution is 9.10. The van der Waals surface area contributed by atoms with Crippen molar-refractivity contribution < 1.29 is 9.53 Å². The standard InChI is InChI=1S/C20H17BrN2O2/c21-18-12-17(13-22-14-18)20(24)23-10-11-25-19-8-6-16(7-9-19)15-4-2-1-3-5-15/h1-9,12-14H,10-11H2,(H,23,24). The van der Waals surface area contributed by atoms with E-state index in [9.17, 15) is 4.79 Å². The Morgan fingerprint density at radius 2 is 1.72 bits per heavy atom. The van der Waals surface area contributed by atoms with E-state index in [2.05, 4.69) is 38.4 Å². The van der Waals surface area contributed by atoms with Crippen molar-refractivity contribution in [3.05, 3.63) is 83.1 Å². The molecule has 0 bridgehead atoms. The summed E-state index contributed by atoms with van der Waals surface area (Å²) in [4.78, 5) is 16.0. The molecule has 1 aromatic heterocycles. The molecule has 3 aromatic rings. The molecule has 126 valence electrons. The third-order valence-corrected chi connectivity index (χ3v) is 4.02. The van der Waals surface area contributed by atoms with Crippen LogP contribution in [-0.2, 0) is 0 Å². The summed E-state index contributed by atoms with van der Waals surface area (Å²) in [5.74, 6) is 0.606. The molecule has 1 N–H and O–H groups in total. The molecular weight excluding hydrogens is 380 g/mol. The van der Waals surface area contributed by atoms with Crippen molar-refractivity contribution >= 4 is 21.8 Å². The highest BCUT2D eigenvalue weighted by Gasteiger charge is 2.05. The van der Waals surface area contributed by atoms with E-state index in [0.717, 1.165) is 15.8 Å². The van der Waals surface area contributed by atoms with Crippen LogP contribution in [0.1, 0.15) is 10.4 Å². The third kappa shape index (κ3) is 4.90. The molecule has 0 saturated heterocycles. The number of carbonyl (C=O) groups excluding carboxylic acids is 1. The second-order valence-electron chi connectivity index (χ2n) is 5.39. The summed E-state index contributed by atoms with van der Waals surface area (Å²) in [6.45, 7) is 0.823. The van der Waals surface area contributed by atoms with Crippen LogP contribution in [0, 0.1) is 0 Å². The van der Waals surface area contributed by atoms with Crippen molar-refractivity contribution in [1.29, 1.82) is 0 Å². The molecule has 0 radical (unpaired) electrons. The zero-order valence-electron chi connectivity index (χ0n) is 13.5. The fourth-order valence-corrected chi connectivity index (χ4v) is 2.71. The van der Waals surface area contributed by atoms with Gasteiger partial charge >= 0.3 is 0 Å². The fourth-order valence-electron chi connectivity index (χ4n) is 2.35. The van der Waals surface area contributed by atoms with Gasteiger partial charge in [-0.3, -0.25) is 9.78 Å². The Labute approximate surface area is 155 Å². The summed E-state index contributed by atoms with van der Waals surface area (Å²) >= 11 is 3.30. The molecule has 0 saturated carbocycles. The number of ether oxygens (including phenoxy) is 1. The van der Waals surface area contributed by atoms with Crippen LogP contribution in [0.4, 0.5) is 0 Å². The van der Waals surface area contributed by atoms with E-state index >= 15 is 0 Å². The summed E-state index contributed by atoms with van der Waals surface area (Å²) in [6, 6.07) is 19.8. The monoisotopic (exact) mass is 396 g/mol. The Balaban J connectivity index is 1.47. The molecule has 0 aliphatic carbocycles. The predicted molar refractivity (Wildman–Crippen MR) is 102 cm³/mol. The Kier molecular flexibility index (Phi) is 5.80. The zero-order valence-corrected chi connectivity index (χ0v) is 15.1. The van der Waals surface area contributed by atoms with E-state index in [-0.39, 0.29) is 5.91 Å². The molecule has 25 heavy (non-hydrogen) atoms. The van der Waals surface area contributed by atoms with Gasteiger partial charge in [0, 0.05) is 16.9 Å². The van der Waals surface area contributed by atoms with Gasteiger partial charge in [-0.2, -0.15) is 0 Å². The van der Waals surface area contributed by atoms with Gasteiger partial charge in [0.2, 0.25) is 0 Å². The second-order valence-corrected chi connectivity index (χ2v) is 6.30. The summed E-state index contributed by atoms with van der Waals surface area (Å²) in [5.41, 5.74) is 2.83. The molecule has 4 nitrogen and oxygen atoms in total. The van der Waals surface area contributed by atoms with Gasteiger partial charge in [-0.15, -0.1) is 0 Å². The molecule has 2 aromatic carbocycles. The molecule has 5 heteroatoms. The van der Waals surface area contributed by atoms with E-state index in [1.165, 1.54) is 11.8 Å². The largest absolute Gasteiger partial charge is 0.492 e. The lowest BCUT2D eigenvalue weighted by Gasteiger charge is -2.09. The number of hydrogen-bond donors (Lipinski definition) is 1. The number of hydrogen-bond acceptors (Lipinski definition) is 3. The molecule has 0 spiro atoms. The highest BCUT2D eigenvalue weighted by atomic mass is 79.9. The molecule has 0 unspecified atom stereocenters. The molecule has 1 amide bonds. The van der Waals surface area contributed by atoms with Crippen molar-refractivity contribution in [1.82, 2.24) is 10.3 Å². The number of nitrogens with zero attached hydrogens (tertiary/aromatic N) is 1. The van der Waals surface area contributed by atoms with Crippen molar-refractivity contribution in [2.24, 2.45) is 0 Å². The first-order valence-electron chi connectivity index (χ1n) is 7.89. The van der Waals surface area contributed by atoms with Gasteiger partial charge in [-0.1, -0.05) is 42.5 Å². The first-order chi connectivity index (χ1) is 12.2. The molecule has 0 atom stereocenters. The Morgan fingerprint density at radius 1 is 1.00 bits per heavy atom. The summed E-state index contributed by atoms with van der Waals surface area (Å²) in [6.07, 6.45) is 3.17. The fraction of sp³-hybridized carbons (Fsp3) is 0.100. The number of carbonyl (C=O) groups is 1. The van der Waals surface area contributed by atoms with E-state index < -0.39 is 0 Å². The lowest BCUT2D eigenvalue weighted by atomic mass is 10.1. The van der Waals surface area contributed by atoms with Crippen molar-refractivity contribution in [3.8, 4) is 16.9 Å². The molecule has 0 fully saturated rings. The number of nitrogens with one attached hydrogen (secondary N) is 1. The van der Waals surface area contributed by atoms with E-state index in [0.29, 0.717) is 18.7 Å². The van der Waals surface area contributed by atoms with Crippen LogP contribution in [-0.4, -0.2) is 24.0 Å². The smallest absolute Gasteiger partial charge is 0.253 e. The number of aromatic nitrogens is 1. The minimum atomic E-state index is -0.170. The number of amides is 1.